The van der Waals surface area contributed by atoms with Crippen LogP contribution in [0, 0.1) is 5.92 Å². The second-order valence-corrected chi connectivity index (χ2v) is 6.96. The first-order valence-electron chi connectivity index (χ1n) is 9.15. The summed E-state index contributed by atoms with van der Waals surface area (Å²) in [5, 5.41) is 12.4. The number of ether oxygens (including phenoxy) is 1. The van der Waals surface area contributed by atoms with Crippen LogP contribution in [-0.2, 0) is 4.74 Å². The number of alkyl carbamates (subject to hydrolysis) is 1. The lowest BCUT2D eigenvalue weighted by Gasteiger charge is -2.27. The molecular weight excluding hydrogens is 326 g/mol. The summed E-state index contributed by atoms with van der Waals surface area (Å²) in [7, 11) is 0. The Morgan fingerprint density at radius 1 is 1.00 bits per heavy atom. The normalized spacial score (nSPS) is 21.1. The van der Waals surface area contributed by atoms with Gasteiger partial charge in [-0.25, -0.2) is 4.79 Å². The second-order valence-electron chi connectivity index (χ2n) is 6.96. The highest BCUT2D eigenvalue weighted by Crippen LogP contribution is 2.44. The van der Waals surface area contributed by atoms with E-state index in [9.17, 15) is 9.90 Å². The van der Waals surface area contributed by atoms with E-state index in [2.05, 4.69) is 35.7 Å². The van der Waals surface area contributed by atoms with Gasteiger partial charge < -0.3 is 15.2 Å². The highest BCUT2D eigenvalue weighted by molar-refractivity contribution is 5.79. The van der Waals surface area contributed by atoms with Crippen LogP contribution in [0.4, 0.5) is 4.79 Å². The SMILES string of the molecule is O=C(NC1CC=CCC1CO)OCC1c2ccccc2-c2ccccc21. The smallest absolute Gasteiger partial charge is 0.407 e. The van der Waals surface area contributed by atoms with Crippen LogP contribution in [0.2, 0.25) is 0 Å². The lowest BCUT2D eigenvalue weighted by Crippen LogP contribution is -2.42. The molecule has 2 aromatic rings. The quantitative estimate of drug-likeness (QED) is 0.824. The summed E-state index contributed by atoms with van der Waals surface area (Å²) in [6.45, 7) is 0.380. The van der Waals surface area contributed by atoms with Gasteiger partial charge in [0.05, 0.1) is 0 Å². The molecule has 0 fully saturated rings. The van der Waals surface area contributed by atoms with Gasteiger partial charge in [0.1, 0.15) is 6.61 Å². The van der Waals surface area contributed by atoms with Gasteiger partial charge in [-0.05, 0) is 35.1 Å². The molecule has 2 atom stereocenters. The summed E-state index contributed by atoms with van der Waals surface area (Å²) in [6.07, 6.45) is 5.20. The molecule has 0 saturated heterocycles. The number of aliphatic hydroxyl groups excluding tert-OH is 1. The maximum absolute atomic E-state index is 12.3. The minimum Gasteiger partial charge on any atom is -0.449 e. The monoisotopic (exact) mass is 349 g/mol. The Labute approximate surface area is 153 Å². The Morgan fingerprint density at radius 3 is 2.27 bits per heavy atom. The zero-order valence-electron chi connectivity index (χ0n) is 14.6. The van der Waals surface area contributed by atoms with Crippen LogP contribution in [0.3, 0.4) is 0 Å². The maximum atomic E-state index is 12.3. The molecule has 4 heteroatoms. The molecule has 2 unspecified atom stereocenters. The van der Waals surface area contributed by atoms with Crippen LogP contribution in [0.5, 0.6) is 0 Å². The number of nitrogens with one attached hydrogen (secondary N) is 1. The van der Waals surface area contributed by atoms with Gasteiger partial charge in [-0.15, -0.1) is 0 Å². The summed E-state index contributed by atoms with van der Waals surface area (Å²) in [5.41, 5.74) is 4.84. The Kier molecular flexibility index (Phi) is 4.76. The molecule has 0 aliphatic heterocycles. The highest BCUT2D eigenvalue weighted by atomic mass is 16.5. The van der Waals surface area contributed by atoms with Gasteiger partial charge in [-0.3, -0.25) is 0 Å². The highest BCUT2D eigenvalue weighted by Gasteiger charge is 2.30. The molecule has 4 rings (SSSR count). The molecule has 0 heterocycles. The van der Waals surface area contributed by atoms with Crippen molar-refractivity contribution >= 4 is 6.09 Å². The molecule has 0 radical (unpaired) electrons. The van der Waals surface area contributed by atoms with E-state index in [0.717, 1.165) is 12.8 Å². The average molecular weight is 349 g/mol. The van der Waals surface area contributed by atoms with Gasteiger partial charge in [0.15, 0.2) is 0 Å². The van der Waals surface area contributed by atoms with Gasteiger partial charge >= 0.3 is 6.09 Å². The third-order valence-corrected chi connectivity index (χ3v) is 5.45. The molecular formula is C22H23NO3. The lowest BCUT2D eigenvalue weighted by atomic mass is 9.90. The molecule has 1 amide bonds. The van der Waals surface area contributed by atoms with E-state index in [-0.39, 0.29) is 24.5 Å². The van der Waals surface area contributed by atoms with Gasteiger partial charge in [0.2, 0.25) is 0 Å². The van der Waals surface area contributed by atoms with Crippen molar-refractivity contribution in [3.05, 3.63) is 71.8 Å². The summed E-state index contributed by atoms with van der Waals surface area (Å²) >= 11 is 0. The minimum atomic E-state index is -0.411. The summed E-state index contributed by atoms with van der Waals surface area (Å²) < 4.78 is 5.58. The zero-order chi connectivity index (χ0) is 17.9. The van der Waals surface area contributed by atoms with Crippen LogP contribution in [-0.4, -0.2) is 30.5 Å². The second kappa shape index (κ2) is 7.34. The first-order chi connectivity index (χ1) is 12.8. The molecule has 0 bridgehead atoms. The Bertz CT molecular complexity index is 784. The van der Waals surface area contributed by atoms with Gasteiger partial charge in [0, 0.05) is 24.5 Å². The number of hydrogen-bond acceptors (Lipinski definition) is 3. The van der Waals surface area contributed by atoms with Crippen molar-refractivity contribution in [1.82, 2.24) is 5.32 Å². The summed E-state index contributed by atoms with van der Waals surface area (Å²) in [6, 6.07) is 16.5. The number of aliphatic hydroxyl groups is 1. The number of allylic oxidation sites excluding steroid dienone is 1. The zero-order valence-corrected chi connectivity index (χ0v) is 14.6. The van der Waals surface area contributed by atoms with Crippen molar-refractivity contribution in [2.45, 2.75) is 24.8 Å². The van der Waals surface area contributed by atoms with Crippen molar-refractivity contribution in [3.63, 3.8) is 0 Å². The van der Waals surface area contributed by atoms with E-state index in [0.29, 0.717) is 6.61 Å². The molecule has 2 aromatic carbocycles. The predicted octanol–water partition coefficient (Wildman–Crippen LogP) is 3.85. The molecule has 134 valence electrons. The van der Waals surface area contributed by atoms with Crippen molar-refractivity contribution in [2.24, 2.45) is 5.92 Å². The molecule has 4 nitrogen and oxygen atoms in total. The number of rotatable bonds is 4. The number of hydrogen-bond donors (Lipinski definition) is 2. The van der Waals surface area contributed by atoms with Crippen LogP contribution in [0.15, 0.2) is 60.7 Å². The predicted molar refractivity (Wildman–Crippen MR) is 101 cm³/mol. The first kappa shape index (κ1) is 16.9. The fourth-order valence-electron chi connectivity index (χ4n) is 4.04. The Hall–Kier alpha value is -2.59. The van der Waals surface area contributed by atoms with Crippen molar-refractivity contribution in [3.8, 4) is 11.1 Å². The molecule has 2 aliphatic rings. The molecule has 2 aliphatic carbocycles. The standard InChI is InChI=1S/C22H23NO3/c24-13-15-7-1-6-12-21(15)23-22(25)26-14-20-18-10-4-2-8-16(18)17-9-3-5-11-19(17)20/h1-6,8-11,15,20-21,24H,7,12-14H2,(H,23,25). The summed E-state index contributed by atoms with van der Waals surface area (Å²) in [4.78, 5) is 12.3. The summed E-state index contributed by atoms with van der Waals surface area (Å²) in [5.74, 6) is 0.119. The average Bonchev–Trinajstić information content (AvgIpc) is 3.01. The van der Waals surface area contributed by atoms with E-state index in [1.807, 2.05) is 30.3 Å². The minimum absolute atomic E-state index is 0.0560. The van der Waals surface area contributed by atoms with Crippen LogP contribution in [0.25, 0.3) is 11.1 Å². The molecule has 26 heavy (non-hydrogen) atoms. The number of amides is 1. The number of benzene rings is 2. The number of carbonyl (C=O) groups excluding carboxylic acids is 1. The van der Waals surface area contributed by atoms with Gasteiger partial charge in [-0.1, -0.05) is 60.7 Å². The van der Waals surface area contributed by atoms with Crippen molar-refractivity contribution in [2.75, 3.05) is 13.2 Å². The van der Waals surface area contributed by atoms with Crippen molar-refractivity contribution < 1.29 is 14.6 Å². The first-order valence-corrected chi connectivity index (χ1v) is 9.15. The van der Waals surface area contributed by atoms with Gasteiger partial charge in [0.25, 0.3) is 0 Å². The van der Waals surface area contributed by atoms with E-state index < -0.39 is 6.09 Å². The van der Waals surface area contributed by atoms with Gasteiger partial charge in [-0.2, -0.15) is 0 Å². The van der Waals surface area contributed by atoms with E-state index in [4.69, 9.17) is 4.74 Å². The van der Waals surface area contributed by atoms with Crippen LogP contribution in [0.1, 0.15) is 29.9 Å². The molecule has 0 saturated carbocycles. The number of carbonyl (C=O) groups is 1. The Morgan fingerprint density at radius 2 is 1.62 bits per heavy atom. The fourth-order valence-corrected chi connectivity index (χ4v) is 4.04. The molecule has 0 spiro atoms. The van der Waals surface area contributed by atoms with Crippen molar-refractivity contribution in [1.29, 1.82) is 0 Å². The van der Waals surface area contributed by atoms with E-state index in [1.54, 1.807) is 0 Å². The van der Waals surface area contributed by atoms with Crippen LogP contribution < -0.4 is 5.32 Å². The third-order valence-electron chi connectivity index (χ3n) is 5.45. The topological polar surface area (TPSA) is 58.6 Å². The van der Waals surface area contributed by atoms with E-state index >= 15 is 0 Å². The maximum Gasteiger partial charge on any atom is 0.407 e. The van der Waals surface area contributed by atoms with E-state index in [1.165, 1.54) is 22.3 Å². The third kappa shape index (κ3) is 3.13. The Balaban J connectivity index is 1.45. The largest absolute Gasteiger partial charge is 0.449 e. The fraction of sp³-hybridized carbons (Fsp3) is 0.318. The lowest BCUT2D eigenvalue weighted by molar-refractivity contribution is 0.126. The molecule has 0 aromatic heterocycles. The van der Waals surface area contributed by atoms with Crippen LogP contribution >= 0.6 is 0 Å². The molecule has 2 N–H and O–H groups in total. The number of fused-ring (bicyclic) bond motifs is 3.